The molecule has 1 aliphatic heterocycles. The zero-order valence-electron chi connectivity index (χ0n) is 14.2. The van der Waals surface area contributed by atoms with Gasteiger partial charge in [0.05, 0.1) is 0 Å². The van der Waals surface area contributed by atoms with Gasteiger partial charge in [-0.2, -0.15) is 4.98 Å². The predicted molar refractivity (Wildman–Crippen MR) is 102 cm³/mol. The van der Waals surface area contributed by atoms with Crippen molar-refractivity contribution < 1.29 is 4.42 Å². The summed E-state index contributed by atoms with van der Waals surface area (Å²) in [5, 5.41) is 3.86. The number of piperazine rings is 1. The minimum absolute atomic E-state index is 0.476. The second kappa shape index (κ2) is 7.04. The molecule has 0 spiro atoms. The highest BCUT2D eigenvalue weighted by Crippen LogP contribution is 2.24. The van der Waals surface area contributed by atoms with Crippen LogP contribution in [0, 0.1) is 0 Å². The van der Waals surface area contributed by atoms with Crippen LogP contribution in [0.5, 0.6) is 0 Å². The Bertz CT molecular complexity index is 853. The number of fused-ring (bicyclic) bond motifs is 1. The van der Waals surface area contributed by atoms with E-state index in [0.29, 0.717) is 11.0 Å². The van der Waals surface area contributed by atoms with Gasteiger partial charge in [-0.3, -0.25) is 4.90 Å². The number of halogens is 1. The minimum atomic E-state index is 0.476. The Labute approximate surface area is 152 Å². The van der Waals surface area contributed by atoms with E-state index in [0.717, 1.165) is 49.5 Å². The Morgan fingerprint density at radius 1 is 1.08 bits per heavy atom. The van der Waals surface area contributed by atoms with Crippen LogP contribution < -0.4 is 5.32 Å². The number of likely N-dealkylation sites (N-methyl/N-ethyl adjacent to an activating group) is 1. The first-order valence-corrected chi connectivity index (χ1v) is 8.86. The van der Waals surface area contributed by atoms with E-state index in [1.54, 1.807) is 12.1 Å². The first kappa shape index (κ1) is 16.4. The molecule has 1 fully saturated rings. The lowest BCUT2D eigenvalue weighted by Gasteiger charge is -2.32. The maximum absolute atomic E-state index is 5.98. The topological polar surface area (TPSA) is 44.5 Å². The van der Waals surface area contributed by atoms with Crippen molar-refractivity contribution in [3.05, 3.63) is 53.1 Å². The molecule has 6 heteroatoms. The van der Waals surface area contributed by atoms with Crippen molar-refractivity contribution in [2.45, 2.75) is 6.54 Å². The van der Waals surface area contributed by atoms with Crippen molar-refractivity contribution >= 4 is 34.4 Å². The summed E-state index contributed by atoms with van der Waals surface area (Å²) in [5.41, 5.74) is 3.75. The number of benzene rings is 2. The van der Waals surface area contributed by atoms with Crippen molar-refractivity contribution in [2.75, 3.05) is 38.5 Å². The lowest BCUT2D eigenvalue weighted by molar-refractivity contribution is 0.148. The summed E-state index contributed by atoms with van der Waals surface area (Å²) >= 11 is 5.98. The second-order valence-electron chi connectivity index (χ2n) is 6.53. The summed E-state index contributed by atoms with van der Waals surface area (Å²) in [6.45, 7) is 5.53. The summed E-state index contributed by atoms with van der Waals surface area (Å²) < 4.78 is 5.70. The highest BCUT2D eigenvalue weighted by Gasteiger charge is 2.13. The maximum Gasteiger partial charge on any atom is 0.300 e. The maximum atomic E-state index is 5.98. The Morgan fingerprint density at radius 2 is 1.84 bits per heavy atom. The number of nitrogens with one attached hydrogen (secondary N) is 1. The number of aromatic nitrogens is 1. The molecule has 0 amide bonds. The second-order valence-corrected chi connectivity index (χ2v) is 6.97. The third kappa shape index (κ3) is 3.95. The van der Waals surface area contributed by atoms with Crippen LogP contribution in [0.4, 0.5) is 11.7 Å². The fourth-order valence-electron chi connectivity index (χ4n) is 3.04. The molecule has 0 unspecified atom stereocenters. The van der Waals surface area contributed by atoms with Gasteiger partial charge in [-0.05, 0) is 42.9 Å². The number of hydrogen-bond donors (Lipinski definition) is 1. The van der Waals surface area contributed by atoms with E-state index in [4.69, 9.17) is 16.0 Å². The number of rotatable bonds is 4. The van der Waals surface area contributed by atoms with E-state index in [9.17, 15) is 0 Å². The first-order chi connectivity index (χ1) is 12.2. The van der Waals surface area contributed by atoms with Gasteiger partial charge in [-0.1, -0.05) is 23.7 Å². The van der Waals surface area contributed by atoms with Gasteiger partial charge in [-0.15, -0.1) is 0 Å². The van der Waals surface area contributed by atoms with Crippen molar-refractivity contribution in [2.24, 2.45) is 0 Å². The van der Waals surface area contributed by atoms with Crippen LogP contribution in [0.15, 0.2) is 46.9 Å². The van der Waals surface area contributed by atoms with Gasteiger partial charge in [0.15, 0.2) is 5.58 Å². The van der Waals surface area contributed by atoms with Crippen LogP contribution in [0.2, 0.25) is 5.02 Å². The smallest absolute Gasteiger partial charge is 0.300 e. The van der Waals surface area contributed by atoms with Crippen molar-refractivity contribution in [3.8, 4) is 0 Å². The van der Waals surface area contributed by atoms with Gasteiger partial charge in [0.1, 0.15) is 5.52 Å². The molecule has 1 aromatic heterocycles. The zero-order chi connectivity index (χ0) is 17.2. The average molecular weight is 357 g/mol. The molecule has 0 atom stereocenters. The van der Waals surface area contributed by atoms with Gasteiger partial charge in [0.25, 0.3) is 6.01 Å². The standard InChI is InChI=1S/C19H21ClN4O/c1-23-8-10-24(11-9-23)13-14-2-5-16(6-3-14)21-19-22-17-12-15(20)4-7-18(17)25-19/h2-7,12H,8-11,13H2,1H3,(H,21,22). The quantitative estimate of drug-likeness (QED) is 0.766. The van der Waals surface area contributed by atoms with Crippen LogP contribution in [-0.2, 0) is 6.54 Å². The van der Waals surface area contributed by atoms with E-state index in [1.807, 2.05) is 6.07 Å². The molecule has 1 N–H and O–H groups in total. The number of nitrogens with zero attached hydrogens (tertiary/aromatic N) is 3. The Morgan fingerprint density at radius 3 is 2.60 bits per heavy atom. The Kier molecular flexibility index (Phi) is 4.61. The van der Waals surface area contributed by atoms with Crippen molar-refractivity contribution in [1.82, 2.24) is 14.8 Å². The van der Waals surface area contributed by atoms with E-state index in [-0.39, 0.29) is 0 Å². The molecule has 0 bridgehead atoms. The van der Waals surface area contributed by atoms with Crippen LogP contribution >= 0.6 is 11.6 Å². The van der Waals surface area contributed by atoms with Crippen molar-refractivity contribution in [3.63, 3.8) is 0 Å². The lowest BCUT2D eigenvalue weighted by Crippen LogP contribution is -2.43. The van der Waals surface area contributed by atoms with Crippen LogP contribution in [-0.4, -0.2) is 48.0 Å². The molecule has 2 aromatic carbocycles. The Hall–Kier alpha value is -2.08. The molecule has 2 heterocycles. The zero-order valence-corrected chi connectivity index (χ0v) is 15.0. The molecular formula is C19H21ClN4O. The highest BCUT2D eigenvalue weighted by molar-refractivity contribution is 6.31. The molecule has 0 radical (unpaired) electrons. The third-order valence-corrected chi connectivity index (χ3v) is 4.79. The van der Waals surface area contributed by atoms with Gasteiger partial charge in [-0.25, -0.2) is 0 Å². The normalized spacial score (nSPS) is 16.4. The SMILES string of the molecule is CN1CCN(Cc2ccc(Nc3nc4cc(Cl)ccc4o3)cc2)CC1. The molecule has 25 heavy (non-hydrogen) atoms. The molecule has 5 nitrogen and oxygen atoms in total. The summed E-state index contributed by atoms with van der Waals surface area (Å²) in [4.78, 5) is 9.28. The van der Waals surface area contributed by atoms with Crippen LogP contribution in [0.1, 0.15) is 5.56 Å². The Balaban J connectivity index is 1.41. The highest BCUT2D eigenvalue weighted by atomic mass is 35.5. The average Bonchev–Trinajstić information content (AvgIpc) is 3.00. The monoisotopic (exact) mass is 356 g/mol. The van der Waals surface area contributed by atoms with E-state index in [2.05, 4.69) is 51.4 Å². The summed E-state index contributed by atoms with van der Waals surface area (Å²) in [5.74, 6) is 0. The summed E-state index contributed by atoms with van der Waals surface area (Å²) in [7, 11) is 2.18. The predicted octanol–water partition coefficient (Wildman–Crippen LogP) is 3.97. The van der Waals surface area contributed by atoms with Gasteiger partial charge in [0, 0.05) is 43.4 Å². The van der Waals surface area contributed by atoms with Crippen LogP contribution in [0.25, 0.3) is 11.1 Å². The largest absolute Gasteiger partial charge is 0.423 e. The molecule has 0 saturated carbocycles. The number of hydrogen-bond acceptors (Lipinski definition) is 5. The molecule has 130 valence electrons. The molecular weight excluding hydrogens is 336 g/mol. The molecule has 1 aliphatic rings. The van der Waals surface area contributed by atoms with Crippen LogP contribution in [0.3, 0.4) is 0 Å². The van der Waals surface area contributed by atoms with E-state index in [1.165, 1.54) is 5.56 Å². The number of anilines is 2. The van der Waals surface area contributed by atoms with Gasteiger partial charge in [0.2, 0.25) is 0 Å². The number of oxazole rings is 1. The molecule has 4 rings (SSSR count). The minimum Gasteiger partial charge on any atom is -0.423 e. The van der Waals surface area contributed by atoms with Crippen molar-refractivity contribution in [1.29, 1.82) is 0 Å². The van der Waals surface area contributed by atoms with Gasteiger partial charge < -0.3 is 14.6 Å². The lowest BCUT2D eigenvalue weighted by atomic mass is 10.2. The van der Waals surface area contributed by atoms with E-state index >= 15 is 0 Å². The molecule has 1 saturated heterocycles. The third-order valence-electron chi connectivity index (χ3n) is 4.56. The first-order valence-electron chi connectivity index (χ1n) is 8.49. The van der Waals surface area contributed by atoms with E-state index < -0.39 is 0 Å². The fraction of sp³-hybridized carbons (Fsp3) is 0.316. The fourth-order valence-corrected chi connectivity index (χ4v) is 3.20. The molecule has 3 aromatic rings. The summed E-state index contributed by atoms with van der Waals surface area (Å²) in [6, 6.07) is 14.3. The molecule has 0 aliphatic carbocycles. The van der Waals surface area contributed by atoms with Gasteiger partial charge >= 0.3 is 0 Å². The summed E-state index contributed by atoms with van der Waals surface area (Å²) in [6.07, 6.45) is 0.